The highest BCUT2D eigenvalue weighted by atomic mass is 16.2. The molecule has 1 rings (SSSR count). The highest BCUT2D eigenvalue weighted by molar-refractivity contribution is 6.05. The lowest BCUT2D eigenvalue weighted by atomic mass is 9.86. The Morgan fingerprint density at radius 3 is 1.95 bits per heavy atom. The van der Waals surface area contributed by atoms with Crippen molar-refractivity contribution in [1.82, 2.24) is 5.32 Å². The number of hydrogen-bond donors (Lipinski definition) is 3. The lowest BCUT2D eigenvalue weighted by Crippen LogP contribution is -2.52. The van der Waals surface area contributed by atoms with Crippen molar-refractivity contribution in [3.63, 3.8) is 0 Å². The minimum atomic E-state index is -1.46. The molecule has 0 saturated carbocycles. The monoisotopic (exact) mass is 305 g/mol. The molecule has 0 saturated heterocycles. The second kappa shape index (κ2) is 7.06. The van der Waals surface area contributed by atoms with E-state index in [2.05, 4.69) is 26.1 Å². The number of rotatable bonds is 6. The molecule has 0 fully saturated rings. The highest BCUT2D eigenvalue weighted by Gasteiger charge is 2.23. The van der Waals surface area contributed by atoms with Gasteiger partial charge in [0.25, 0.3) is 0 Å². The van der Waals surface area contributed by atoms with E-state index in [1.54, 1.807) is 0 Å². The first kappa shape index (κ1) is 17.7. The first-order valence-electron chi connectivity index (χ1n) is 7.08. The Morgan fingerprint density at radius 2 is 1.55 bits per heavy atom. The van der Waals surface area contributed by atoms with Crippen molar-refractivity contribution in [3.8, 4) is 0 Å². The third-order valence-corrected chi connectivity index (χ3v) is 3.34. The molecule has 0 aliphatic carbocycles. The Kier molecular flexibility index (Phi) is 5.68. The molecule has 0 aliphatic heterocycles. The third-order valence-electron chi connectivity index (χ3n) is 3.34. The van der Waals surface area contributed by atoms with Gasteiger partial charge in [-0.1, -0.05) is 45.0 Å². The van der Waals surface area contributed by atoms with Gasteiger partial charge in [0, 0.05) is 6.42 Å². The number of aryl methyl sites for hydroxylation is 1. The van der Waals surface area contributed by atoms with E-state index >= 15 is 0 Å². The Labute approximate surface area is 130 Å². The summed E-state index contributed by atoms with van der Waals surface area (Å²) in [5.41, 5.74) is 12.3. The lowest BCUT2D eigenvalue weighted by molar-refractivity contribution is -0.133. The van der Waals surface area contributed by atoms with Crippen LogP contribution in [0.1, 0.15) is 38.3 Å². The van der Waals surface area contributed by atoms with Crippen molar-refractivity contribution in [2.75, 3.05) is 0 Å². The number of primary amides is 2. The Bertz CT molecular complexity index is 545. The fourth-order valence-corrected chi connectivity index (χ4v) is 1.94. The van der Waals surface area contributed by atoms with Gasteiger partial charge >= 0.3 is 0 Å². The number of nitrogens with two attached hydrogens (primary N) is 2. The van der Waals surface area contributed by atoms with Gasteiger partial charge in [-0.2, -0.15) is 0 Å². The molecule has 0 unspecified atom stereocenters. The van der Waals surface area contributed by atoms with Gasteiger partial charge in [0.1, 0.15) is 0 Å². The molecule has 0 atom stereocenters. The molecule has 3 amide bonds. The molecule has 0 spiro atoms. The summed E-state index contributed by atoms with van der Waals surface area (Å²) < 4.78 is 0. The SMILES string of the molecule is CC(C)(C)c1ccc(CCC(=O)NC(C(N)=O)C(N)=O)cc1. The topological polar surface area (TPSA) is 115 Å². The van der Waals surface area contributed by atoms with Crippen LogP contribution in [0.2, 0.25) is 0 Å². The average Bonchev–Trinajstić information content (AvgIpc) is 2.41. The van der Waals surface area contributed by atoms with E-state index in [0.29, 0.717) is 6.42 Å². The zero-order valence-corrected chi connectivity index (χ0v) is 13.2. The van der Waals surface area contributed by atoms with Crippen LogP contribution in [0.3, 0.4) is 0 Å². The smallest absolute Gasteiger partial charge is 0.249 e. The van der Waals surface area contributed by atoms with Gasteiger partial charge < -0.3 is 16.8 Å². The van der Waals surface area contributed by atoms with Crippen molar-refractivity contribution < 1.29 is 14.4 Å². The van der Waals surface area contributed by atoms with Crippen molar-refractivity contribution in [2.24, 2.45) is 11.5 Å². The fraction of sp³-hybridized carbons (Fsp3) is 0.438. The van der Waals surface area contributed by atoms with Crippen LogP contribution in [-0.4, -0.2) is 23.8 Å². The summed E-state index contributed by atoms with van der Waals surface area (Å²) >= 11 is 0. The van der Waals surface area contributed by atoms with E-state index in [4.69, 9.17) is 11.5 Å². The summed E-state index contributed by atoms with van der Waals surface area (Å²) in [4.78, 5) is 33.7. The molecular formula is C16H23N3O3. The van der Waals surface area contributed by atoms with E-state index in [1.807, 2.05) is 24.3 Å². The maximum atomic E-state index is 11.7. The van der Waals surface area contributed by atoms with Crippen LogP contribution < -0.4 is 16.8 Å². The van der Waals surface area contributed by atoms with Crippen molar-refractivity contribution in [1.29, 1.82) is 0 Å². The maximum Gasteiger partial charge on any atom is 0.249 e. The average molecular weight is 305 g/mol. The van der Waals surface area contributed by atoms with E-state index in [9.17, 15) is 14.4 Å². The first-order chi connectivity index (χ1) is 10.1. The zero-order chi connectivity index (χ0) is 16.9. The van der Waals surface area contributed by atoms with Crippen molar-refractivity contribution in [3.05, 3.63) is 35.4 Å². The Hall–Kier alpha value is -2.37. The minimum Gasteiger partial charge on any atom is -0.367 e. The molecular weight excluding hydrogens is 282 g/mol. The predicted octanol–water partition coefficient (Wildman–Crippen LogP) is 0.372. The molecule has 1 aromatic carbocycles. The first-order valence-corrected chi connectivity index (χ1v) is 7.08. The summed E-state index contributed by atoms with van der Waals surface area (Å²) in [6.45, 7) is 6.38. The molecule has 22 heavy (non-hydrogen) atoms. The Morgan fingerprint density at radius 1 is 1.05 bits per heavy atom. The fourth-order valence-electron chi connectivity index (χ4n) is 1.94. The number of carbonyl (C=O) groups excluding carboxylic acids is 3. The summed E-state index contributed by atoms with van der Waals surface area (Å²) in [5.74, 6) is -2.37. The Balaban J connectivity index is 2.57. The minimum absolute atomic E-state index is 0.0755. The van der Waals surface area contributed by atoms with Crippen LogP contribution in [0.25, 0.3) is 0 Å². The van der Waals surface area contributed by atoms with E-state index in [0.717, 1.165) is 5.56 Å². The van der Waals surface area contributed by atoms with E-state index in [-0.39, 0.29) is 11.8 Å². The van der Waals surface area contributed by atoms with Gasteiger partial charge in [0.2, 0.25) is 17.7 Å². The van der Waals surface area contributed by atoms with Crippen LogP contribution in [0, 0.1) is 0 Å². The molecule has 0 aliphatic rings. The van der Waals surface area contributed by atoms with Crippen LogP contribution in [0.15, 0.2) is 24.3 Å². The molecule has 5 N–H and O–H groups in total. The maximum absolute atomic E-state index is 11.7. The third kappa shape index (κ3) is 5.20. The molecule has 0 heterocycles. The molecule has 0 radical (unpaired) electrons. The van der Waals surface area contributed by atoms with Gasteiger partial charge in [-0.15, -0.1) is 0 Å². The summed E-state index contributed by atoms with van der Waals surface area (Å²) in [7, 11) is 0. The number of benzene rings is 1. The van der Waals surface area contributed by atoms with Crippen molar-refractivity contribution >= 4 is 17.7 Å². The quantitative estimate of drug-likeness (QED) is 0.659. The second-order valence-electron chi connectivity index (χ2n) is 6.25. The van der Waals surface area contributed by atoms with Gasteiger partial charge in [-0.25, -0.2) is 0 Å². The number of hydrogen-bond acceptors (Lipinski definition) is 3. The van der Waals surface area contributed by atoms with Crippen LogP contribution in [-0.2, 0) is 26.2 Å². The lowest BCUT2D eigenvalue weighted by Gasteiger charge is -2.19. The summed E-state index contributed by atoms with van der Waals surface area (Å²) in [6, 6.07) is 6.53. The summed E-state index contributed by atoms with van der Waals surface area (Å²) in [5, 5.41) is 2.23. The van der Waals surface area contributed by atoms with Gasteiger partial charge in [0.15, 0.2) is 6.04 Å². The van der Waals surface area contributed by atoms with Crippen LogP contribution in [0.4, 0.5) is 0 Å². The highest BCUT2D eigenvalue weighted by Crippen LogP contribution is 2.22. The van der Waals surface area contributed by atoms with Crippen LogP contribution >= 0.6 is 0 Å². The normalized spacial score (nSPS) is 11.3. The van der Waals surface area contributed by atoms with E-state index < -0.39 is 23.8 Å². The number of carbonyl (C=O) groups is 3. The van der Waals surface area contributed by atoms with Gasteiger partial charge in [0.05, 0.1) is 0 Å². The molecule has 6 nitrogen and oxygen atoms in total. The molecule has 0 bridgehead atoms. The molecule has 1 aromatic rings. The van der Waals surface area contributed by atoms with Gasteiger partial charge in [-0.3, -0.25) is 14.4 Å². The standard InChI is InChI=1S/C16H23N3O3/c1-16(2,3)11-7-4-10(5-8-11)6-9-12(20)19-13(14(17)21)15(18)22/h4-5,7-8,13H,6,9H2,1-3H3,(H2,17,21)(H2,18,22)(H,19,20). The van der Waals surface area contributed by atoms with Crippen molar-refractivity contribution in [2.45, 2.75) is 45.1 Å². The zero-order valence-electron chi connectivity index (χ0n) is 13.2. The second-order valence-corrected chi connectivity index (χ2v) is 6.25. The van der Waals surface area contributed by atoms with E-state index in [1.165, 1.54) is 5.56 Å². The predicted molar refractivity (Wildman–Crippen MR) is 83.8 cm³/mol. The molecule has 120 valence electrons. The molecule has 0 aromatic heterocycles. The largest absolute Gasteiger partial charge is 0.367 e. The number of amides is 3. The summed E-state index contributed by atoms with van der Waals surface area (Å²) in [6.07, 6.45) is 0.645. The molecule has 6 heteroatoms. The number of nitrogens with one attached hydrogen (secondary N) is 1. The van der Waals surface area contributed by atoms with Gasteiger partial charge in [-0.05, 0) is 23.0 Å². The van der Waals surface area contributed by atoms with Crippen LogP contribution in [0.5, 0.6) is 0 Å².